The first-order valence-corrected chi connectivity index (χ1v) is 9.75. The predicted molar refractivity (Wildman–Crippen MR) is 114 cm³/mol. The number of aryl methyl sites for hydroxylation is 1. The second kappa shape index (κ2) is 9.22. The van der Waals surface area contributed by atoms with Crippen molar-refractivity contribution in [1.82, 2.24) is 14.8 Å². The predicted octanol–water partition coefficient (Wildman–Crippen LogP) is 3.49. The van der Waals surface area contributed by atoms with Gasteiger partial charge in [0.1, 0.15) is 5.75 Å². The highest BCUT2D eigenvalue weighted by atomic mass is 16.5. The lowest BCUT2D eigenvalue weighted by Crippen LogP contribution is -2.22. The minimum Gasteiger partial charge on any atom is -0.438 e. The van der Waals surface area contributed by atoms with Gasteiger partial charge in [0.05, 0.1) is 17.3 Å². The van der Waals surface area contributed by atoms with E-state index in [0.717, 1.165) is 42.1 Å². The number of nitrogens with zero attached hydrogens (tertiary/aromatic N) is 5. The molecule has 0 bridgehead atoms. The highest BCUT2D eigenvalue weighted by molar-refractivity contribution is 5.69. The first kappa shape index (κ1) is 20.4. The fourth-order valence-corrected chi connectivity index (χ4v) is 3.13. The molecule has 3 rings (SSSR count). The van der Waals surface area contributed by atoms with E-state index in [1.807, 2.05) is 37.5 Å². The second-order valence-corrected chi connectivity index (χ2v) is 6.65. The van der Waals surface area contributed by atoms with Gasteiger partial charge in [-0.3, -0.25) is 4.98 Å². The van der Waals surface area contributed by atoms with E-state index < -0.39 is 0 Å². The zero-order chi connectivity index (χ0) is 20.8. The first-order chi connectivity index (χ1) is 14.1. The van der Waals surface area contributed by atoms with E-state index in [4.69, 9.17) is 10.5 Å². The quantitative estimate of drug-likeness (QED) is 0.633. The highest BCUT2D eigenvalue weighted by Gasteiger charge is 2.15. The minimum absolute atomic E-state index is 0.523. The van der Waals surface area contributed by atoms with E-state index in [9.17, 15) is 5.26 Å². The third kappa shape index (κ3) is 4.55. The molecule has 0 aliphatic carbocycles. The van der Waals surface area contributed by atoms with Crippen molar-refractivity contribution in [2.24, 2.45) is 12.8 Å². The van der Waals surface area contributed by atoms with Crippen LogP contribution in [0, 0.1) is 11.3 Å². The highest BCUT2D eigenvalue weighted by Crippen LogP contribution is 2.34. The van der Waals surface area contributed by atoms with Crippen molar-refractivity contribution in [1.29, 1.82) is 5.26 Å². The summed E-state index contributed by atoms with van der Waals surface area (Å²) in [6, 6.07) is 13.4. The van der Waals surface area contributed by atoms with Gasteiger partial charge < -0.3 is 15.4 Å². The third-order valence-corrected chi connectivity index (χ3v) is 4.77. The van der Waals surface area contributed by atoms with Crippen LogP contribution in [-0.2, 0) is 13.5 Å². The standard InChI is InChI=1S/C22H26N6O/c1-4-28(5-2)21-13-22(27(3)26-21)29-20-12-17(14-24)6-8-18(20)19-9-7-16(10-11-23)15-25-19/h6-9,12-13,15H,4-5,10-11,23H2,1-3H3. The summed E-state index contributed by atoms with van der Waals surface area (Å²) in [6.07, 6.45) is 2.61. The topological polar surface area (TPSA) is 93.0 Å². The lowest BCUT2D eigenvalue weighted by atomic mass is 10.1. The van der Waals surface area contributed by atoms with E-state index >= 15 is 0 Å². The maximum absolute atomic E-state index is 9.32. The molecule has 29 heavy (non-hydrogen) atoms. The summed E-state index contributed by atoms with van der Waals surface area (Å²) in [4.78, 5) is 6.71. The molecule has 0 spiro atoms. The normalized spacial score (nSPS) is 10.6. The van der Waals surface area contributed by atoms with Crippen molar-refractivity contribution in [2.45, 2.75) is 20.3 Å². The van der Waals surface area contributed by atoms with E-state index in [-0.39, 0.29) is 0 Å². The zero-order valence-corrected chi connectivity index (χ0v) is 17.1. The Morgan fingerprint density at radius 2 is 1.97 bits per heavy atom. The molecule has 0 saturated heterocycles. The average Bonchev–Trinajstić information content (AvgIpc) is 3.10. The Morgan fingerprint density at radius 3 is 2.59 bits per heavy atom. The smallest absolute Gasteiger partial charge is 0.219 e. The van der Waals surface area contributed by atoms with Gasteiger partial charge in [0.25, 0.3) is 0 Å². The molecule has 0 radical (unpaired) electrons. The molecule has 150 valence electrons. The first-order valence-electron chi connectivity index (χ1n) is 9.75. The number of rotatable bonds is 8. The van der Waals surface area contributed by atoms with Crippen LogP contribution in [0.1, 0.15) is 25.0 Å². The number of aromatic nitrogens is 3. The van der Waals surface area contributed by atoms with Crippen molar-refractivity contribution < 1.29 is 4.74 Å². The Balaban J connectivity index is 1.97. The van der Waals surface area contributed by atoms with Gasteiger partial charge in [-0.25, -0.2) is 4.68 Å². The van der Waals surface area contributed by atoms with Gasteiger partial charge in [0.2, 0.25) is 5.88 Å². The minimum atomic E-state index is 0.523. The van der Waals surface area contributed by atoms with Crippen LogP contribution in [0.4, 0.5) is 5.82 Å². The molecule has 0 saturated carbocycles. The maximum Gasteiger partial charge on any atom is 0.219 e. The van der Waals surface area contributed by atoms with Crippen LogP contribution in [-0.4, -0.2) is 34.4 Å². The molecule has 0 aliphatic heterocycles. The van der Waals surface area contributed by atoms with Crippen LogP contribution in [0.3, 0.4) is 0 Å². The number of benzene rings is 1. The third-order valence-electron chi connectivity index (χ3n) is 4.77. The summed E-state index contributed by atoms with van der Waals surface area (Å²) < 4.78 is 7.90. The molecule has 7 nitrogen and oxygen atoms in total. The molecule has 0 fully saturated rings. The Bertz CT molecular complexity index is 999. The number of nitriles is 1. The molecule has 1 aromatic carbocycles. The van der Waals surface area contributed by atoms with Gasteiger partial charge in [0.15, 0.2) is 5.82 Å². The molecular formula is C22H26N6O. The number of hydrogen-bond acceptors (Lipinski definition) is 6. The van der Waals surface area contributed by atoms with Gasteiger partial charge in [-0.1, -0.05) is 6.07 Å². The molecule has 2 heterocycles. The number of anilines is 1. The maximum atomic E-state index is 9.32. The zero-order valence-electron chi connectivity index (χ0n) is 17.1. The van der Waals surface area contributed by atoms with Crippen LogP contribution in [0.25, 0.3) is 11.3 Å². The number of nitrogens with two attached hydrogens (primary N) is 1. The molecular weight excluding hydrogens is 364 g/mol. The second-order valence-electron chi connectivity index (χ2n) is 6.65. The van der Waals surface area contributed by atoms with Crippen molar-refractivity contribution in [3.8, 4) is 29.0 Å². The van der Waals surface area contributed by atoms with Gasteiger partial charge in [-0.2, -0.15) is 10.4 Å². The van der Waals surface area contributed by atoms with Crippen molar-refractivity contribution >= 4 is 5.82 Å². The molecule has 3 aromatic rings. The lowest BCUT2D eigenvalue weighted by molar-refractivity contribution is 0.432. The van der Waals surface area contributed by atoms with E-state index in [0.29, 0.717) is 23.7 Å². The summed E-state index contributed by atoms with van der Waals surface area (Å²) in [6.45, 7) is 6.49. The van der Waals surface area contributed by atoms with E-state index in [2.05, 4.69) is 34.9 Å². The summed E-state index contributed by atoms with van der Waals surface area (Å²) in [5, 5.41) is 13.9. The summed E-state index contributed by atoms with van der Waals surface area (Å²) in [7, 11) is 1.84. The van der Waals surface area contributed by atoms with Gasteiger partial charge in [-0.15, -0.1) is 0 Å². The SMILES string of the molecule is CCN(CC)c1cc(Oc2cc(C#N)ccc2-c2ccc(CCN)cn2)n(C)n1. The largest absolute Gasteiger partial charge is 0.438 e. The van der Waals surface area contributed by atoms with Crippen LogP contribution < -0.4 is 15.4 Å². The van der Waals surface area contributed by atoms with Gasteiger partial charge in [-0.05, 0) is 56.6 Å². The monoisotopic (exact) mass is 390 g/mol. The Morgan fingerprint density at radius 1 is 1.17 bits per heavy atom. The molecule has 0 atom stereocenters. The fraction of sp³-hybridized carbons (Fsp3) is 0.318. The van der Waals surface area contributed by atoms with Crippen molar-refractivity contribution in [3.63, 3.8) is 0 Å². The fourth-order valence-electron chi connectivity index (χ4n) is 3.13. The van der Waals surface area contributed by atoms with Crippen LogP contribution >= 0.6 is 0 Å². The van der Waals surface area contributed by atoms with Crippen molar-refractivity contribution in [3.05, 3.63) is 53.7 Å². The Kier molecular flexibility index (Phi) is 6.47. The van der Waals surface area contributed by atoms with Gasteiger partial charge in [0, 0.05) is 38.0 Å². The molecule has 0 aliphatic rings. The van der Waals surface area contributed by atoms with E-state index in [1.165, 1.54) is 0 Å². The van der Waals surface area contributed by atoms with E-state index in [1.54, 1.807) is 16.8 Å². The number of hydrogen-bond donors (Lipinski definition) is 1. The molecule has 2 aromatic heterocycles. The summed E-state index contributed by atoms with van der Waals surface area (Å²) in [5.41, 5.74) is 8.82. The summed E-state index contributed by atoms with van der Waals surface area (Å²) >= 11 is 0. The van der Waals surface area contributed by atoms with Crippen LogP contribution in [0.2, 0.25) is 0 Å². The number of ether oxygens (including phenoxy) is 1. The summed E-state index contributed by atoms with van der Waals surface area (Å²) in [5.74, 6) is 2.02. The van der Waals surface area contributed by atoms with Crippen LogP contribution in [0.5, 0.6) is 11.6 Å². The average molecular weight is 390 g/mol. The van der Waals surface area contributed by atoms with Crippen LogP contribution in [0.15, 0.2) is 42.6 Å². The van der Waals surface area contributed by atoms with Gasteiger partial charge >= 0.3 is 0 Å². The molecule has 7 heteroatoms. The lowest BCUT2D eigenvalue weighted by Gasteiger charge is -2.16. The van der Waals surface area contributed by atoms with Crippen molar-refractivity contribution in [2.75, 3.05) is 24.5 Å². The Labute approximate surface area is 171 Å². The molecule has 2 N–H and O–H groups in total. The molecule has 0 amide bonds. The Hall–Kier alpha value is -3.37. The number of pyridine rings is 1. The molecule has 0 unspecified atom stereocenters.